The Hall–Kier alpha value is -6.32. The number of aromatic hydroxyl groups is 1. The molecule has 0 spiro atoms. The van der Waals surface area contributed by atoms with Crippen LogP contribution >= 0.6 is 24.1 Å². The number of phenols is 1. The first-order valence-electron chi connectivity index (χ1n) is 18.1. The van der Waals surface area contributed by atoms with Crippen molar-refractivity contribution in [2.45, 2.75) is 26.5 Å². The summed E-state index contributed by atoms with van der Waals surface area (Å²) < 4.78 is 78.0. The number of nitrogens with zero attached hydrogens (tertiary/aromatic N) is 6. The van der Waals surface area contributed by atoms with Gasteiger partial charge in [0.1, 0.15) is 5.69 Å². The number of phenolic OH excluding ortho intramolecular Hbond substituents is 1. The Morgan fingerprint density at radius 1 is 0.484 bits per heavy atom. The topological polar surface area (TPSA) is 281 Å². The van der Waals surface area contributed by atoms with Gasteiger partial charge in [0.25, 0.3) is 20.2 Å². The van der Waals surface area contributed by atoms with Crippen LogP contribution in [-0.2, 0) is 39.0 Å². The van der Waals surface area contributed by atoms with Crippen molar-refractivity contribution in [3.63, 3.8) is 0 Å². The van der Waals surface area contributed by atoms with Crippen LogP contribution in [0, 0.1) is 6.92 Å². The summed E-state index contributed by atoms with van der Waals surface area (Å²) in [5, 5.41) is 66.1. The molecule has 64 heavy (non-hydrogen) atoms. The first kappa shape index (κ1) is 44.3. The molecule has 324 valence electrons. The van der Waals surface area contributed by atoms with E-state index in [1.165, 1.54) is 42.5 Å². The van der Waals surface area contributed by atoms with E-state index in [-0.39, 0.29) is 44.2 Å². The van der Waals surface area contributed by atoms with Gasteiger partial charge in [0.2, 0.25) is 0 Å². The van der Waals surface area contributed by atoms with Gasteiger partial charge < -0.3 is 5.11 Å². The second-order valence-corrected chi connectivity index (χ2v) is 18.0. The molecule has 0 bridgehead atoms. The minimum atomic E-state index is -4.71. The van der Waals surface area contributed by atoms with Gasteiger partial charge in [0, 0.05) is 31.8 Å². The molecular formula is C41H28N6O13S4. The number of azo groups is 3. The highest BCUT2D eigenvalue weighted by atomic mass is 32.2. The summed E-state index contributed by atoms with van der Waals surface area (Å²) in [6.45, 7) is 1.84. The Bertz CT molecular complexity index is 3480. The Labute approximate surface area is 370 Å². The summed E-state index contributed by atoms with van der Waals surface area (Å²) in [7, 11) is -9.37. The molecule has 0 aliphatic carbocycles. The average Bonchev–Trinajstić information content (AvgIpc) is 3.28. The molecular weight excluding hydrogens is 913 g/mol. The molecule has 19 nitrogen and oxygen atoms in total. The van der Waals surface area contributed by atoms with Crippen LogP contribution in [0.25, 0.3) is 43.1 Å². The van der Waals surface area contributed by atoms with Gasteiger partial charge in [0.15, 0.2) is 5.75 Å². The summed E-state index contributed by atoms with van der Waals surface area (Å²) in [5.41, 5.74) is 1.97. The Kier molecular flexibility index (Phi) is 12.7. The summed E-state index contributed by atoms with van der Waals surface area (Å²) in [4.78, 5) is -0.0570. The maximum atomic E-state index is 12.3. The zero-order chi connectivity index (χ0) is 45.2. The van der Waals surface area contributed by atoms with Crippen molar-refractivity contribution in [3.8, 4) is 5.75 Å². The normalized spacial score (nSPS) is 12.6. The molecule has 8 aromatic rings. The lowest BCUT2D eigenvalue weighted by molar-refractivity contribution is -0.432. The highest BCUT2D eigenvalue weighted by Crippen LogP contribution is 2.45. The fourth-order valence-corrected chi connectivity index (χ4v) is 8.55. The predicted octanol–water partition coefficient (Wildman–Crippen LogP) is 12.9. The fraction of sp³-hybridized carbons (Fsp3) is 0.0244. The van der Waals surface area contributed by atoms with E-state index in [9.17, 15) is 31.0 Å². The maximum absolute atomic E-state index is 12.3. The maximum Gasteiger partial charge on any atom is 0.294 e. The molecule has 0 aliphatic rings. The number of fused-ring (bicyclic) bond motifs is 4. The average molecular weight is 941 g/mol. The van der Waals surface area contributed by atoms with Gasteiger partial charge in [-0.15, -0.1) is 34.2 Å². The third kappa shape index (κ3) is 9.60. The Morgan fingerprint density at radius 2 is 1.02 bits per heavy atom. The molecule has 8 aromatic carbocycles. The molecule has 0 radical (unpaired) electrons. The first-order valence-corrected chi connectivity index (χ1v) is 22.5. The van der Waals surface area contributed by atoms with Gasteiger partial charge >= 0.3 is 0 Å². The summed E-state index contributed by atoms with van der Waals surface area (Å²) >= 11 is 1.34. The molecule has 0 saturated heterocycles. The molecule has 0 fully saturated rings. The first-order chi connectivity index (χ1) is 30.7. The molecule has 8 rings (SSSR count). The van der Waals surface area contributed by atoms with Crippen LogP contribution in [0.4, 0.5) is 34.1 Å². The van der Waals surface area contributed by atoms with Crippen molar-refractivity contribution >= 4 is 122 Å². The highest BCUT2D eigenvalue weighted by Gasteiger charge is 2.18. The van der Waals surface area contributed by atoms with E-state index in [4.69, 9.17) is 10.5 Å². The van der Waals surface area contributed by atoms with E-state index < -0.39 is 30.0 Å². The highest BCUT2D eigenvalue weighted by molar-refractivity contribution is 7.95. The number of aryl methyl sites for hydroxylation is 1. The van der Waals surface area contributed by atoms with Crippen LogP contribution in [-0.4, -0.2) is 41.6 Å². The van der Waals surface area contributed by atoms with Crippen LogP contribution in [0.2, 0.25) is 0 Å². The van der Waals surface area contributed by atoms with Crippen molar-refractivity contribution in [1.82, 2.24) is 0 Å². The van der Waals surface area contributed by atoms with Crippen molar-refractivity contribution in [3.05, 3.63) is 127 Å². The minimum absolute atomic E-state index is 0.0751. The SMILES string of the molecule is Cc1ccc2cc(SOOO)c(N=Nc3ccc(N=Nc4ccc(N=Nc5ccc6ccc(SOOO)cc6c5)c5ccc(S(=O)(=O)O)cc45)c4ccc(S(=O)(=O)O)cc34)c(O)c2c1. The molecule has 5 N–H and O–H groups in total. The van der Waals surface area contributed by atoms with E-state index in [0.29, 0.717) is 49.9 Å². The van der Waals surface area contributed by atoms with Crippen LogP contribution in [0.15, 0.2) is 172 Å². The largest absolute Gasteiger partial charge is 0.505 e. The standard InChI is InChI=1S/C41H28N6O13S4/c1-22-2-3-24-19-39(62-60-58-50)40(41(48)32(24)16-22)47-46-38-15-13-36(31-11-9-29(21-34(31)38)64(54,55)56)44-45-37-14-12-35(30-10-8-28(20-33(30)37)63(51,52)53)43-42-26-6-4-23-5-7-27(61-59-57-49)18-25(23)17-26/h2-21,48-50H,1H3,(H,51,52,53)(H,54,55,56). The molecule has 0 aliphatic heterocycles. The summed E-state index contributed by atoms with van der Waals surface area (Å²) in [6.07, 6.45) is 0. The van der Waals surface area contributed by atoms with E-state index >= 15 is 0 Å². The van der Waals surface area contributed by atoms with Gasteiger partial charge in [-0.1, -0.05) is 52.0 Å². The second-order valence-electron chi connectivity index (χ2n) is 13.6. The number of hydrogen-bond donors (Lipinski definition) is 5. The van der Waals surface area contributed by atoms with E-state index in [1.54, 1.807) is 48.5 Å². The Balaban J connectivity index is 1.19. The van der Waals surface area contributed by atoms with E-state index in [0.717, 1.165) is 40.5 Å². The Morgan fingerprint density at radius 3 is 1.61 bits per heavy atom. The smallest absolute Gasteiger partial charge is 0.294 e. The van der Waals surface area contributed by atoms with Crippen molar-refractivity contribution < 1.29 is 60.3 Å². The predicted molar refractivity (Wildman–Crippen MR) is 236 cm³/mol. The van der Waals surface area contributed by atoms with Crippen molar-refractivity contribution in [1.29, 1.82) is 0 Å². The molecule has 23 heteroatoms. The quantitative estimate of drug-likeness (QED) is 0.0223. The van der Waals surface area contributed by atoms with E-state index in [1.807, 2.05) is 25.1 Å². The molecule has 0 aromatic heterocycles. The zero-order valence-corrected chi connectivity index (χ0v) is 35.6. The monoisotopic (exact) mass is 940 g/mol. The molecule has 0 saturated carbocycles. The fourth-order valence-electron chi connectivity index (χ4n) is 6.63. The third-order valence-corrected chi connectivity index (χ3v) is 12.5. The lowest BCUT2D eigenvalue weighted by Gasteiger charge is -2.10. The number of hydrogen-bond acceptors (Lipinski definition) is 19. The number of benzene rings is 8. The van der Waals surface area contributed by atoms with Crippen LogP contribution in [0.1, 0.15) is 5.56 Å². The van der Waals surface area contributed by atoms with E-state index in [2.05, 4.69) is 49.4 Å². The van der Waals surface area contributed by atoms with Crippen LogP contribution < -0.4 is 0 Å². The summed E-state index contributed by atoms with van der Waals surface area (Å²) in [5.74, 6) is -0.274. The van der Waals surface area contributed by atoms with Crippen molar-refractivity contribution in [2.24, 2.45) is 30.7 Å². The van der Waals surface area contributed by atoms with Gasteiger partial charge in [-0.05, 0) is 108 Å². The minimum Gasteiger partial charge on any atom is -0.505 e. The summed E-state index contributed by atoms with van der Waals surface area (Å²) in [6, 6.07) is 31.3. The molecule has 0 unspecified atom stereocenters. The second kappa shape index (κ2) is 18.4. The third-order valence-electron chi connectivity index (χ3n) is 9.59. The van der Waals surface area contributed by atoms with Crippen LogP contribution in [0.5, 0.6) is 5.75 Å². The number of rotatable bonds is 14. The van der Waals surface area contributed by atoms with Gasteiger partial charge in [-0.25, -0.2) is 10.5 Å². The van der Waals surface area contributed by atoms with Crippen LogP contribution in [0.3, 0.4) is 0 Å². The van der Waals surface area contributed by atoms with Gasteiger partial charge in [0.05, 0.1) is 67.2 Å². The van der Waals surface area contributed by atoms with Gasteiger partial charge in [-0.3, -0.25) is 9.11 Å². The molecule has 0 amide bonds. The molecule has 0 heterocycles. The van der Waals surface area contributed by atoms with Gasteiger partial charge in [-0.2, -0.15) is 21.9 Å². The zero-order valence-electron chi connectivity index (χ0n) is 32.4. The van der Waals surface area contributed by atoms with Crippen molar-refractivity contribution in [2.75, 3.05) is 0 Å². The lowest BCUT2D eigenvalue weighted by atomic mass is 10.1. The molecule has 0 atom stereocenters. The lowest BCUT2D eigenvalue weighted by Crippen LogP contribution is -1.97.